The van der Waals surface area contributed by atoms with Crippen molar-refractivity contribution in [3.05, 3.63) is 23.8 Å². The van der Waals surface area contributed by atoms with Gasteiger partial charge in [0.25, 0.3) is 5.91 Å². The summed E-state index contributed by atoms with van der Waals surface area (Å²) in [4.78, 5) is 14.0. The number of nitrogens with zero attached hydrogens (tertiary/aromatic N) is 1. The average molecular weight is 276 g/mol. The number of fused-ring (bicyclic) bond motifs is 1. The van der Waals surface area contributed by atoms with E-state index in [0.717, 1.165) is 37.5 Å². The molecule has 1 aromatic carbocycles. The van der Waals surface area contributed by atoms with Crippen molar-refractivity contribution in [2.45, 2.75) is 39.7 Å². The first-order chi connectivity index (χ1) is 9.65. The number of nitrogens with one attached hydrogen (secondary N) is 1. The maximum atomic E-state index is 12.2. The van der Waals surface area contributed by atoms with Crippen molar-refractivity contribution in [3.63, 3.8) is 0 Å². The highest BCUT2D eigenvalue weighted by molar-refractivity contribution is 5.80. The van der Waals surface area contributed by atoms with E-state index in [2.05, 4.69) is 11.4 Å². The normalized spacial score (nSPS) is 14.9. The summed E-state index contributed by atoms with van der Waals surface area (Å²) in [5, 5.41) is 3.38. The van der Waals surface area contributed by atoms with Gasteiger partial charge in [-0.25, -0.2) is 0 Å². The molecule has 0 fully saturated rings. The number of hydrogen-bond acceptors (Lipinski definition) is 3. The van der Waals surface area contributed by atoms with Crippen LogP contribution >= 0.6 is 0 Å². The molecule has 0 saturated heterocycles. The Morgan fingerprint density at radius 3 is 2.85 bits per heavy atom. The average Bonchev–Trinajstić information content (AvgIpc) is 2.48. The van der Waals surface area contributed by atoms with E-state index in [-0.39, 0.29) is 5.91 Å². The number of likely N-dealkylation sites (N-methyl/N-ethyl adjacent to an activating group) is 1. The van der Waals surface area contributed by atoms with E-state index >= 15 is 0 Å². The molecule has 1 N–H and O–H groups in total. The van der Waals surface area contributed by atoms with Crippen LogP contribution in [0.25, 0.3) is 0 Å². The van der Waals surface area contributed by atoms with Crippen molar-refractivity contribution in [1.82, 2.24) is 4.90 Å². The molecule has 4 heteroatoms. The quantitative estimate of drug-likeness (QED) is 0.899. The highest BCUT2D eigenvalue weighted by atomic mass is 16.5. The number of anilines is 1. The molecule has 110 valence electrons. The lowest BCUT2D eigenvalue weighted by atomic mass is 10.0. The van der Waals surface area contributed by atoms with Crippen LogP contribution in [0.1, 0.15) is 32.8 Å². The number of hydrogen-bond donors (Lipinski definition) is 1. The second-order valence-corrected chi connectivity index (χ2v) is 5.12. The fourth-order valence-electron chi connectivity index (χ4n) is 2.56. The minimum atomic E-state index is -0.448. The van der Waals surface area contributed by atoms with Gasteiger partial charge in [0.2, 0.25) is 0 Å². The summed E-state index contributed by atoms with van der Waals surface area (Å²) >= 11 is 0. The van der Waals surface area contributed by atoms with E-state index in [4.69, 9.17) is 4.74 Å². The third kappa shape index (κ3) is 3.24. The van der Waals surface area contributed by atoms with Crippen LogP contribution in [0.3, 0.4) is 0 Å². The fourth-order valence-corrected chi connectivity index (χ4v) is 2.56. The molecule has 0 aliphatic carbocycles. The van der Waals surface area contributed by atoms with E-state index < -0.39 is 6.10 Å². The summed E-state index contributed by atoms with van der Waals surface area (Å²) in [5.74, 6) is 0.798. The molecule has 1 amide bonds. The minimum absolute atomic E-state index is 0.0423. The number of benzene rings is 1. The Kier molecular flexibility index (Phi) is 4.88. The third-order valence-corrected chi connectivity index (χ3v) is 3.76. The Hall–Kier alpha value is -1.71. The van der Waals surface area contributed by atoms with Crippen LogP contribution in [0.2, 0.25) is 0 Å². The van der Waals surface area contributed by atoms with Crippen molar-refractivity contribution >= 4 is 11.6 Å². The first-order valence-electron chi connectivity index (χ1n) is 7.48. The number of rotatable bonds is 5. The zero-order valence-electron chi connectivity index (χ0n) is 12.6. The second-order valence-electron chi connectivity index (χ2n) is 5.12. The highest BCUT2D eigenvalue weighted by Crippen LogP contribution is 2.27. The number of amides is 1. The second kappa shape index (κ2) is 6.64. The van der Waals surface area contributed by atoms with E-state index in [9.17, 15) is 4.79 Å². The summed E-state index contributed by atoms with van der Waals surface area (Å²) in [7, 11) is 0. The monoisotopic (exact) mass is 276 g/mol. The molecule has 2 rings (SSSR count). The molecule has 1 aromatic rings. The van der Waals surface area contributed by atoms with Gasteiger partial charge in [-0.3, -0.25) is 4.79 Å². The van der Waals surface area contributed by atoms with Gasteiger partial charge >= 0.3 is 0 Å². The van der Waals surface area contributed by atoms with Crippen LogP contribution in [0.4, 0.5) is 5.69 Å². The van der Waals surface area contributed by atoms with Gasteiger partial charge in [-0.05, 0) is 45.2 Å². The molecule has 1 aliphatic rings. The summed E-state index contributed by atoms with van der Waals surface area (Å²) in [6.45, 7) is 8.22. The van der Waals surface area contributed by atoms with Crippen LogP contribution in [0.15, 0.2) is 18.2 Å². The molecule has 0 aromatic heterocycles. The molecule has 4 nitrogen and oxygen atoms in total. The topological polar surface area (TPSA) is 41.6 Å². The van der Waals surface area contributed by atoms with Gasteiger partial charge in [0.05, 0.1) is 0 Å². The van der Waals surface area contributed by atoms with Crippen LogP contribution < -0.4 is 10.1 Å². The summed E-state index contributed by atoms with van der Waals surface area (Å²) in [6, 6.07) is 6.05. The van der Waals surface area contributed by atoms with Crippen LogP contribution in [0, 0.1) is 0 Å². The molecule has 0 spiro atoms. The summed E-state index contributed by atoms with van der Waals surface area (Å²) in [6.07, 6.45) is 1.83. The molecule has 0 radical (unpaired) electrons. The van der Waals surface area contributed by atoms with Crippen molar-refractivity contribution in [1.29, 1.82) is 0 Å². The Bertz CT molecular complexity index is 470. The molecule has 1 heterocycles. The predicted molar refractivity (Wildman–Crippen MR) is 81.3 cm³/mol. The third-order valence-electron chi connectivity index (χ3n) is 3.76. The number of carbonyl (C=O) groups excluding carboxylic acids is 1. The smallest absolute Gasteiger partial charge is 0.263 e. The minimum Gasteiger partial charge on any atom is -0.481 e. The van der Waals surface area contributed by atoms with Crippen molar-refractivity contribution in [2.24, 2.45) is 0 Å². The SMILES string of the molecule is CCN(CC)C(=O)C(C)Oc1ccc2c(c1)NCCC2. The molecule has 20 heavy (non-hydrogen) atoms. The number of aryl methyl sites for hydroxylation is 1. The Morgan fingerprint density at radius 1 is 1.40 bits per heavy atom. The van der Waals surface area contributed by atoms with E-state index in [1.54, 1.807) is 4.90 Å². The standard InChI is InChI=1S/C16H24N2O2/c1-4-18(5-2)16(19)12(3)20-14-9-8-13-7-6-10-17-15(13)11-14/h8-9,11-12,17H,4-7,10H2,1-3H3. The Morgan fingerprint density at radius 2 is 2.15 bits per heavy atom. The van der Waals surface area contributed by atoms with Crippen molar-refractivity contribution in [2.75, 3.05) is 25.0 Å². The van der Waals surface area contributed by atoms with Gasteiger partial charge in [-0.1, -0.05) is 6.07 Å². The zero-order chi connectivity index (χ0) is 14.5. The molecular weight excluding hydrogens is 252 g/mol. The number of carbonyl (C=O) groups is 1. The van der Waals surface area contributed by atoms with E-state index in [1.807, 2.05) is 32.9 Å². The lowest BCUT2D eigenvalue weighted by Crippen LogP contribution is -2.40. The highest BCUT2D eigenvalue weighted by Gasteiger charge is 2.20. The molecule has 1 aliphatic heterocycles. The first kappa shape index (κ1) is 14.7. The van der Waals surface area contributed by atoms with Gasteiger partial charge in [0, 0.05) is 31.4 Å². The van der Waals surface area contributed by atoms with Crippen LogP contribution in [0.5, 0.6) is 5.75 Å². The zero-order valence-corrected chi connectivity index (χ0v) is 12.6. The van der Waals surface area contributed by atoms with Crippen LogP contribution in [-0.4, -0.2) is 36.5 Å². The van der Waals surface area contributed by atoms with Gasteiger partial charge in [0.1, 0.15) is 5.75 Å². The Labute approximate surface area is 121 Å². The Balaban J connectivity index is 2.04. The maximum absolute atomic E-state index is 12.2. The lowest BCUT2D eigenvalue weighted by Gasteiger charge is -2.24. The molecular formula is C16H24N2O2. The summed E-state index contributed by atoms with van der Waals surface area (Å²) in [5.41, 5.74) is 2.46. The van der Waals surface area contributed by atoms with E-state index in [0.29, 0.717) is 0 Å². The molecule has 1 unspecified atom stereocenters. The maximum Gasteiger partial charge on any atom is 0.263 e. The summed E-state index contributed by atoms with van der Waals surface area (Å²) < 4.78 is 5.80. The fraction of sp³-hybridized carbons (Fsp3) is 0.562. The van der Waals surface area contributed by atoms with Gasteiger partial charge < -0.3 is 15.0 Å². The predicted octanol–water partition coefficient (Wildman–Crippen LogP) is 2.68. The first-order valence-corrected chi connectivity index (χ1v) is 7.48. The van der Waals surface area contributed by atoms with Gasteiger partial charge in [-0.15, -0.1) is 0 Å². The van der Waals surface area contributed by atoms with Crippen LogP contribution in [-0.2, 0) is 11.2 Å². The largest absolute Gasteiger partial charge is 0.481 e. The van der Waals surface area contributed by atoms with E-state index in [1.165, 1.54) is 12.0 Å². The van der Waals surface area contributed by atoms with Crippen molar-refractivity contribution in [3.8, 4) is 5.75 Å². The molecule has 0 saturated carbocycles. The van der Waals surface area contributed by atoms with Crippen molar-refractivity contribution < 1.29 is 9.53 Å². The lowest BCUT2D eigenvalue weighted by molar-refractivity contribution is -0.137. The molecule has 0 bridgehead atoms. The van der Waals surface area contributed by atoms with Gasteiger partial charge in [0.15, 0.2) is 6.10 Å². The van der Waals surface area contributed by atoms with Gasteiger partial charge in [-0.2, -0.15) is 0 Å². The number of ether oxygens (including phenoxy) is 1. The molecule has 1 atom stereocenters.